The van der Waals surface area contributed by atoms with Crippen LogP contribution in [0.1, 0.15) is 16.7 Å². The molecule has 0 bridgehead atoms. The predicted molar refractivity (Wildman–Crippen MR) is 84.6 cm³/mol. The lowest BCUT2D eigenvalue weighted by Crippen LogP contribution is -2.10. The third-order valence-corrected chi connectivity index (χ3v) is 3.22. The van der Waals surface area contributed by atoms with Crippen LogP contribution in [-0.4, -0.2) is 20.3 Å². The van der Waals surface area contributed by atoms with E-state index in [1.165, 1.54) is 5.56 Å². The summed E-state index contributed by atoms with van der Waals surface area (Å²) in [6.07, 6.45) is 0. The summed E-state index contributed by atoms with van der Waals surface area (Å²) in [6.45, 7) is 4.86. The summed E-state index contributed by atoms with van der Waals surface area (Å²) in [4.78, 5) is 0. The highest BCUT2D eigenvalue weighted by Crippen LogP contribution is 2.27. The molecular formula is C18H19NO3. The van der Waals surface area contributed by atoms with Crippen LogP contribution in [0, 0.1) is 25.2 Å². The number of nitrogens with zero attached hydrogens (tertiary/aromatic N) is 1. The molecule has 0 unspecified atom stereocenters. The zero-order chi connectivity index (χ0) is 15.9. The maximum atomic E-state index is 8.93. The highest BCUT2D eigenvalue weighted by molar-refractivity contribution is 5.46. The fraction of sp³-hybridized carbons (Fsp3) is 0.278. The van der Waals surface area contributed by atoms with Gasteiger partial charge in [-0.15, -0.1) is 0 Å². The quantitative estimate of drug-likeness (QED) is 0.764. The maximum absolute atomic E-state index is 8.93. The largest absolute Gasteiger partial charge is 0.493 e. The maximum Gasteiger partial charge on any atom is 0.162 e. The standard InChI is InChI=1S/C18H19NO3/c1-13-4-6-16(14(2)10-13)21-8-9-22-18-11-15(12-19)5-7-17(18)20-3/h4-7,10-11H,8-9H2,1-3H3. The van der Waals surface area contributed by atoms with E-state index >= 15 is 0 Å². The number of ether oxygens (including phenoxy) is 3. The fourth-order valence-corrected chi connectivity index (χ4v) is 2.12. The summed E-state index contributed by atoms with van der Waals surface area (Å²) >= 11 is 0. The van der Waals surface area contributed by atoms with Crippen molar-refractivity contribution >= 4 is 0 Å². The van der Waals surface area contributed by atoms with E-state index in [0.29, 0.717) is 30.3 Å². The lowest BCUT2D eigenvalue weighted by molar-refractivity contribution is 0.210. The van der Waals surface area contributed by atoms with E-state index in [9.17, 15) is 0 Å². The first kappa shape index (κ1) is 15.7. The summed E-state index contributed by atoms with van der Waals surface area (Å²) in [6, 6.07) is 13.2. The van der Waals surface area contributed by atoms with Gasteiger partial charge in [0, 0.05) is 6.07 Å². The van der Waals surface area contributed by atoms with Gasteiger partial charge in [0.05, 0.1) is 18.7 Å². The number of rotatable bonds is 6. The number of methoxy groups -OCH3 is 1. The first-order valence-corrected chi connectivity index (χ1v) is 7.05. The Labute approximate surface area is 130 Å². The van der Waals surface area contributed by atoms with Crippen molar-refractivity contribution in [3.05, 3.63) is 53.1 Å². The monoisotopic (exact) mass is 297 g/mol. The van der Waals surface area contributed by atoms with Gasteiger partial charge in [0.25, 0.3) is 0 Å². The van der Waals surface area contributed by atoms with Gasteiger partial charge in [-0.1, -0.05) is 17.7 Å². The molecule has 0 saturated heterocycles. The molecule has 0 aliphatic rings. The number of hydrogen-bond donors (Lipinski definition) is 0. The highest BCUT2D eigenvalue weighted by Gasteiger charge is 2.06. The summed E-state index contributed by atoms with van der Waals surface area (Å²) in [5, 5.41) is 8.93. The van der Waals surface area contributed by atoms with Crippen LogP contribution in [0.2, 0.25) is 0 Å². The van der Waals surface area contributed by atoms with Crippen LogP contribution in [-0.2, 0) is 0 Å². The van der Waals surface area contributed by atoms with Crippen LogP contribution < -0.4 is 14.2 Å². The molecule has 0 N–H and O–H groups in total. The highest BCUT2D eigenvalue weighted by atomic mass is 16.5. The molecule has 4 heteroatoms. The average Bonchev–Trinajstić information content (AvgIpc) is 2.53. The summed E-state index contributed by atoms with van der Waals surface area (Å²) < 4.78 is 16.6. The van der Waals surface area contributed by atoms with Gasteiger partial charge in [-0.05, 0) is 37.6 Å². The second kappa shape index (κ2) is 7.37. The van der Waals surface area contributed by atoms with E-state index < -0.39 is 0 Å². The van der Waals surface area contributed by atoms with Crippen molar-refractivity contribution in [2.45, 2.75) is 13.8 Å². The minimum Gasteiger partial charge on any atom is -0.493 e. The van der Waals surface area contributed by atoms with Crippen LogP contribution in [0.3, 0.4) is 0 Å². The fourth-order valence-electron chi connectivity index (χ4n) is 2.12. The van der Waals surface area contributed by atoms with Crippen LogP contribution in [0.5, 0.6) is 17.2 Å². The van der Waals surface area contributed by atoms with Gasteiger partial charge in [0.1, 0.15) is 19.0 Å². The molecule has 114 valence electrons. The topological polar surface area (TPSA) is 51.5 Å². The van der Waals surface area contributed by atoms with Gasteiger partial charge in [-0.3, -0.25) is 0 Å². The van der Waals surface area contributed by atoms with E-state index in [2.05, 4.69) is 12.1 Å². The molecule has 0 fully saturated rings. The predicted octanol–water partition coefficient (Wildman–Crippen LogP) is 3.64. The van der Waals surface area contributed by atoms with Gasteiger partial charge in [-0.25, -0.2) is 0 Å². The number of benzene rings is 2. The van der Waals surface area contributed by atoms with E-state index in [-0.39, 0.29) is 0 Å². The van der Waals surface area contributed by atoms with E-state index in [1.807, 2.05) is 26.0 Å². The Balaban J connectivity index is 1.92. The van der Waals surface area contributed by atoms with E-state index in [0.717, 1.165) is 11.3 Å². The third-order valence-electron chi connectivity index (χ3n) is 3.22. The first-order chi connectivity index (χ1) is 10.6. The lowest BCUT2D eigenvalue weighted by atomic mass is 10.1. The van der Waals surface area contributed by atoms with Crippen molar-refractivity contribution in [1.29, 1.82) is 5.26 Å². The Bertz CT molecular complexity index is 689. The molecule has 0 saturated carbocycles. The summed E-state index contributed by atoms with van der Waals surface area (Å²) in [5.74, 6) is 2.00. The third kappa shape index (κ3) is 3.92. The number of aryl methyl sites for hydroxylation is 2. The van der Waals surface area contributed by atoms with Crippen LogP contribution in [0.15, 0.2) is 36.4 Å². The smallest absolute Gasteiger partial charge is 0.162 e. The van der Waals surface area contributed by atoms with Crippen LogP contribution in [0.4, 0.5) is 0 Å². The summed E-state index contributed by atoms with van der Waals surface area (Å²) in [7, 11) is 1.57. The van der Waals surface area contributed by atoms with Gasteiger partial charge >= 0.3 is 0 Å². The van der Waals surface area contributed by atoms with Crippen LogP contribution in [0.25, 0.3) is 0 Å². The minimum atomic E-state index is 0.374. The molecule has 0 aliphatic carbocycles. The molecule has 0 aromatic heterocycles. The Hall–Kier alpha value is -2.67. The summed E-state index contributed by atoms with van der Waals surface area (Å²) in [5.41, 5.74) is 2.84. The molecule has 0 atom stereocenters. The first-order valence-electron chi connectivity index (χ1n) is 7.05. The zero-order valence-corrected chi connectivity index (χ0v) is 13.1. The van der Waals surface area contributed by atoms with Crippen molar-refractivity contribution in [3.63, 3.8) is 0 Å². The van der Waals surface area contributed by atoms with Gasteiger partial charge < -0.3 is 14.2 Å². The molecule has 2 rings (SSSR count). The number of nitriles is 1. The van der Waals surface area contributed by atoms with Crippen molar-refractivity contribution in [3.8, 4) is 23.3 Å². The van der Waals surface area contributed by atoms with Crippen LogP contribution >= 0.6 is 0 Å². The van der Waals surface area contributed by atoms with Gasteiger partial charge in [0.15, 0.2) is 11.5 Å². The molecule has 0 heterocycles. The average molecular weight is 297 g/mol. The SMILES string of the molecule is COc1ccc(C#N)cc1OCCOc1ccc(C)cc1C. The van der Waals surface area contributed by atoms with Crippen molar-refractivity contribution in [1.82, 2.24) is 0 Å². The Morgan fingerprint density at radius 1 is 0.909 bits per heavy atom. The van der Waals surface area contributed by atoms with Crippen molar-refractivity contribution in [2.24, 2.45) is 0 Å². The molecule has 0 radical (unpaired) electrons. The molecule has 2 aromatic carbocycles. The second-order valence-corrected chi connectivity index (χ2v) is 4.94. The van der Waals surface area contributed by atoms with Crippen molar-refractivity contribution < 1.29 is 14.2 Å². The molecular weight excluding hydrogens is 278 g/mol. The Morgan fingerprint density at radius 3 is 2.23 bits per heavy atom. The van der Waals surface area contributed by atoms with Gasteiger partial charge in [-0.2, -0.15) is 5.26 Å². The van der Waals surface area contributed by atoms with Gasteiger partial charge in [0.2, 0.25) is 0 Å². The molecule has 0 amide bonds. The molecule has 0 spiro atoms. The van der Waals surface area contributed by atoms with E-state index in [1.54, 1.807) is 25.3 Å². The number of hydrogen-bond acceptors (Lipinski definition) is 4. The molecule has 4 nitrogen and oxygen atoms in total. The molecule has 2 aromatic rings. The van der Waals surface area contributed by atoms with E-state index in [4.69, 9.17) is 19.5 Å². The normalized spacial score (nSPS) is 9.91. The Morgan fingerprint density at radius 2 is 1.59 bits per heavy atom. The van der Waals surface area contributed by atoms with Crippen molar-refractivity contribution in [2.75, 3.05) is 20.3 Å². The Kier molecular flexibility index (Phi) is 5.26. The lowest BCUT2D eigenvalue weighted by Gasteiger charge is -2.13. The molecule has 22 heavy (non-hydrogen) atoms. The minimum absolute atomic E-state index is 0.374. The molecule has 0 aliphatic heterocycles. The zero-order valence-electron chi connectivity index (χ0n) is 13.1. The second-order valence-electron chi connectivity index (χ2n) is 4.94.